The molecule has 6 heteroatoms. The molecule has 1 aromatic rings. The van der Waals surface area contributed by atoms with E-state index in [0.717, 1.165) is 56.5 Å². The van der Waals surface area contributed by atoms with E-state index in [2.05, 4.69) is 48.2 Å². The number of nitrogens with one attached hydrogen (secondary N) is 1. The van der Waals surface area contributed by atoms with Crippen molar-refractivity contribution in [1.82, 2.24) is 10.2 Å². The van der Waals surface area contributed by atoms with Crippen LogP contribution in [0.2, 0.25) is 0 Å². The van der Waals surface area contributed by atoms with E-state index in [0.29, 0.717) is 18.4 Å². The van der Waals surface area contributed by atoms with E-state index in [1.54, 1.807) is 0 Å². The van der Waals surface area contributed by atoms with Crippen molar-refractivity contribution in [2.75, 3.05) is 40.5 Å². The lowest BCUT2D eigenvalue weighted by Crippen LogP contribution is -2.41. The third kappa shape index (κ3) is 7.70. The minimum atomic E-state index is 0. The minimum Gasteiger partial charge on any atom is -0.493 e. The third-order valence-electron chi connectivity index (χ3n) is 4.49. The van der Waals surface area contributed by atoms with Gasteiger partial charge in [-0.2, -0.15) is 0 Å². The van der Waals surface area contributed by atoms with Gasteiger partial charge < -0.3 is 19.7 Å². The lowest BCUT2D eigenvalue weighted by molar-refractivity contribution is 0.181. The molecule has 2 rings (SSSR count). The highest BCUT2D eigenvalue weighted by atomic mass is 127. The van der Waals surface area contributed by atoms with Crippen LogP contribution in [0.5, 0.6) is 5.75 Å². The lowest BCUT2D eigenvalue weighted by atomic mass is 10.1. The van der Waals surface area contributed by atoms with E-state index in [-0.39, 0.29) is 24.0 Å². The zero-order valence-corrected chi connectivity index (χ0v) is 18.9. The molecule has 0 saturated carbocycles. The lowest BCUT2D eigenvalue weighted by Gasteiger charge is -2.25. The maximum Gasteiger partial charge on any atom is 0.193 e. The van der Waals surface area contributed by atoms with Gasteiger partial charge in [0, 0.05) is 45.3 Å². The largest absolute Gasteiger partial charge is 0.493 e. The first-order valence-corrected chi connectivity index (χ1v) is 9.30. The van der Waals surface area contributed by atoms with Crippen molar-refractivity contribution >= 4 is 29.9 Å². The average Bonchev–Trinajstić information content (AvgIpc) is 3.09. The minimum absolute atomic E-state index is 0. The zero-order valence-electron chi connectivity index (χ0n) is 16.5. The molecule has 1 unspecified atom stereocenters. The molecule has 1 heterocycles. The molecule has 5 nitrogen and oxygen atoms in total. The number of nitrogens with zero attached hydrogens (tertiary/aromatic N) is 2. The number of aliphatic imine (C=N–C) groups is 1. The van der Waals surface area contributed by atoms with Crippen molar-refractivity contribution in [2.45, 2.75) is 33.2 Å². The molecule has 0 bridgehead atoms. The van der Waals surface area contributed by atoms with E-state index in [1.807, 2.05) is 19.2 Å². The zero-order chi connectivity index (χ0) is 18.1. The predicted octanol–water partition coefficient (Wildman–Crippen LogP) is 3.77. The van der Waals surface area contributed by atoms with Gasteiger partial charge in [0.1, 0.15) is 5.75 Å². The number of halogens is 1. The third-order valence-corrected chi connectivity index (χ3v) is 4.49. The summed E-state index contributed by atoms with van der Waals surface area (Å²) in [6.07, 6.45) is 2.20. The van der Waals surface area contributed by atoms with Crippen molar-refractivity contribution in [3.05, 3.63) is 29.8 Å². The Hall–Kier alpha value is -1.02. The smallest absolute Gasteiger partial charge is 0.193 e. The second-order valence-corrected chi connectivity index (χ2v) is 7.15. The topological polar surface area (TPSA) is 46.1 Å². The maximum atomic E-state index is 5.97. The van der Waals surface area contributed by atoms with Crippen LogP contribution in [-0.4, -0.2) is 51.3 Å². The number of hydrogen-bond acceptors (Lipinski definition) is 3. The highest BCUT2D eigenvalue weighted by Gasteiger charge is 2.19. The van der Waals surface area contributed by atoms with E-state index < -0.39 is 0 Å². The van der Waals surface area contributed by atoms with E-state index >= 15 is 0 Å². The number of ether oxygens (including phenoxy) is 2. The second-order valence-electron chi connectivity index (χ2n) is 7.15. The quantitative estimate of drug-likeness (QED) is 0.353. The summed E-state index contributed by atoms with van der Waals surface area (Å²) in [4.78, 5) is 6.59. The van der Waals surface area contributed by atoms with Gasteiger partial charge in [-0.1, -0.05) is 32.0 Å². The molecular weight excluding hydrogens is 441 g/mol. The Morgan fingerprint density at radius 2 is 2.15 bits per heavy atom. The van der Waals surface area contributed by atoms with Gasteiger partial charge in [0.2, 0.25) is 0 Å². The Morgan fingerprint density at radius 1 is 1.38 bits per heavy atom. The van der Waals surface area contributed by atoms with Crippen LogP contribution < -0.4 is 10.1 Å². The Bertz CT molecular complexity index is 546. The summed E-state index contributed by atoms with van der Waals surface area (Å²) in [7, 11) is 3.91. The molecule has 1 atom stereocenters. The fourth-order valence-corrected chi connectivity index (χ4v) is 2.96. The summed E-state index contributed by atoms with van der Waals surface area (Å²) in [5.74, 6) is 3.11. The fourth-order valence-electron chi connectivity index (χ4n) is 2.96. The normalized spacial score (nSPS) is 17.1. The van der Waals surface area contributed by atoms with Gasteiger partial charge in [-0.15, -0.1) is 24.0 Å². The van der Waals surface area contributed by atoms with Gasteiger partial charge >= 0.3 is 0 Å². The van der Waals surface area contributed by atoms with Gasteiger partial charge in [0.05, 0.1) is 13.2 Å². The summed E-state index contributed by atoms with van der Waals surface area (Å²) < 4.78 is 11.4. The van der Waals surface area contributed by atoms with Crippen LogP contribution in [0.1, 0.15) is 32.3 Å². The summed E-state index contributed by atoms with van der Waals surface area (Å²) in [5, 5.41) is 3.45. The van der Waals surface area contributed by atoms with Crippen molar-refractivity contribution in [3.8, 4) is 5.75 Å². The number of guanidine groups is 1. The van der Waals surface area contributed by atoms with Gasteiger partial charge in [-0.3, -0.25) is 4.99 Å². The van der Waals surface area contributed by atoms with Gasteiger partial charge in [-0.05, 0) is 24.8 Å². The summed E-state index contributed by atoms with van der Waals surface area (Å²) in [5.41, 5.74) is 1.16. The first-order chi connectivity index (χ1) is 12.1. The molecule has 1 aliphatic rings. The van der Waals surface area contributed by atoms with Crippen molar-refractivity contribution in [1.29, 1.82) is 0 Å². The predicted molar refractivity (Wildman–Crippen MR) is 119 cm³/mol. The number of para-hydroxylation sites is 1. The standard InChI is InChI=1S/C20H33N3O2.HI/c1-16(2)9-12-25-19-8-6-5-7-18(19)13-22-20(21-3)23(4)14-17-10-11-24-15-17;/h5-8,16-17H,9-15H2,1-4H3,(H,21,22);1H. The Balaban J connectivity index is 0.00000338. The molecule has 0 radical (unpaired) electrons. The number of benzene rings is 1. The van der Waals surface area contributed by atoms with Crippen LogP contribution in [0.4, 0.5) is 0 Å². The molecule has 148 valence electrons. The fraction of sp³-hybridized carbons (Fsp3) is 0.650. The second kappa shape index (κ2) is 12.4. The van der Waals surface area contributed by atoms with Crippen molar-refractivity contribution < 1.29 is 9.47 Å². The highest BCUT2D eigenvalue weighted by Crippen LogP contribution is 2.19. The summed E-state index contributed by atoms with van der Waals surface area (Å²) in [6.45, 7) is 8.59. The molecule has 1 aromatic carbocycles. The number of hydrogen-bond donors (Lipinski definition) is 1. The number of rotatable bonds is 8. The summed E-state index contributed by atoms with van der Waals surface area (Å²) in [6, 6.07) is 8.22. The average molecular weight is 475 g/mol. The van der Waals surface area contributed by atoms with Crippen LogP contribution in [0.3, 0.4) is 0 Å². The van der Waals surface area contributed by atoms with Gasteiger partial charge in [-0.25, -0.2) is 0 Å². The van der Waals surface area contributed by atoms with Crippen molar-refractivity contribution in [3.63, 3.8) is 0 Å². The van der Waals surface area contributed by atoms with Crippen LogP contribution in [0.15, 0.2) is 29.3 Å². The Morgan fingerprint density at radius 3 is 2.81 bits per heavy atom. The molecule has 26 heavy (non-hydrogen) atoms. The molecule has 0 amide bonds. The molecule has 0 aromatic heterocycles. The first kappa shape index (κ1) is 23.0. The van der Waals surface area contributed by atoms with E-state index in [4.69, 9.17) is 9.47 Å². The molecule has 1 saturated heterocycles. The molecule has 1 N–H and O–H groups in total. The van der Waals surface area contributed by atoms with Crippen LogP contribution >= 0.6 is 24.0 Å². The van der Waals surface area contributed by atoms with Crippen LogP contribution in [0, 0.1) is 11.8 Å². The molecule has 0 spiro atoms. The van der Waals surface area contributed by atoms with Gasteiger partial charge in [0.25, 0.3) is 0 Å². The van der Waals surface area contributed by atoms with E-state index in [1.165, 1.54) is 0 Å². The van der Waals surface area contributed by atoms with Crippen LogP contribution in [0.25, 0.3) is 0 Å². The first-order valence-electron chi connectivity index (χ1n) is 9.30. The van der Waals surface area contributed by atoms with Crippen LogP contribution in [-0.2, 0) is 11.3 Å². The Labute approximate surface area is 175 Å². The van der Waals surface area contributed by atoms with Gasteiger partial charge in [0.15, 0.2) is 5.96 Å². The van der Waals surface area contributed by atoms with E-state index in [9.17, 15) is 0 Å². The molecular formula is C20H34IN3O2. The SMILES string of the molecule is CN=C(NCc1ccccc1OCCC(C)C)N(C)CC1CCOC1.I. The Kier molecular flexibility index (Phi) is 11.0. The highest BCUT2D eigenvalue weighted by molar-refractivity contribution is 14.0. The van der Waals surface area contributed by atoms with Crippen molar-refractivity contribution in [2.24, 2.45) is 16.8 Å². The monoisotopic (exact) mass is 475 g/mol. The molecule has 0 aliphatic carbocycles. The molecule has 1 fully saturated rings. The maximum absolute atomic E-state index is 5.97. The summed E-state index contributed by atoms with van der Waals surface area (Å²) >= 11 is 0. The molecule has 1 aliphatic heterocycles.